The second-order valence-corrected chi connectivity index (χ2v) is 4.96. The first-order chi connectivity index (χ1) is 9.24. The lowest BCUT2D eigenvalue weighted by Gasteiger charge is -2.03. The number of methoxy groups -OCH3 is 1. The van der Waals surface area contributed by atoms with Crippen molar-refractivity contribution in [1.29, 1.82) is 0 Å². The fourth-order valence-electron chi connectivity index (χ4n) is 1.70. The standard InChI is InChI=1S/C13H16BrN3O2/c1-18-11-6-5-9(8-10(11)14)13-16-12(19-17-13)4-2-3-7-15/h5-6,8H,2-4,7,15H2,1H3. The van der Waals surface area contributed by atoms with Crippen molar-refractivity contribution in [1.82, 2.24) is 10.1 Å². The fourth-order valence-corrected chi connectivity index (χ4v) is 2.24. The van der Waals surface area contributed by atoms with Crippen molar-refractivity contribution < 1.29 is 9.26 Å². The van der Waals surface area contributed by atoms with E-state index in [-0.39, 0.29) is 0 Å². The summed E-state index contributed by atoms with van der Waals surface area (Å²) in [4.78, 5) is 4.37. The van der Waals surface area contributed by atoms with Gasteiger partial charge < -0.3 is 15.0 Å². The number of ether oxygens (including phenoxy) is 1. The lowest BCUT2D eigenvalue weighted by atomic mass is 10.2. The molecule has 2 N–H and O–H groups in total. The first-order valence-electron chi connectivity index (χ1n) is 6.11. The molecule has 2 aromatic rings. The Morgan fingerprint density at radius 3 is 2.89 bits per heavy atom. The Hall–Kier alpha value is -1.40. The SMILES string of the molecule is COc1ccc(-c2noc(CCCCN)n2)cc1Br. The molecule has 0 fully saturated rings. The zero-order valence-corrected chi connectivity index (χ0v) is 12.3. The van der Waals surface area contributed by atoms with Crippen molar-refractivity contribution in [2.45, 2.75) is 19.3 Å². The van der Waals surface area contributed by atoms with Crippen LogP contribution in [0.25, 0.3) is 11.4 Å². The Labute approximate surface area is 120 Å². The number of unbranched alkanes of at least 4 members (excludes halogenated alkanes) is 1. The largest absolute Gasteiger partial charge is 0.496 e. The van der Waals surface area contributed by atoms with Gasteiger partial charge in [-0.2, -0.15) is 4.98 Å². The van der Waals surface area contributed by atoms with Crippen LogP contribution in [0.3, 0.4) is 0 Å². The highest BCUT2D eigenvalue weighted by atomic mass is 79.9. The lowest BCUT2D eigenvalue weighted by Crippen LogP contribution is -1.99. The third kappa shape index (κ3) is 3.54. The number of hydrogen-bond donors (Lipinski definition) is 1. The Balaban J connectivity index is 2.11. The third-order valence-corrected chi connectivity index (χ3v) is 3.34. The Kier molecular flexibility index (Phi) is 4.93. The van der Waals surface area contributed by atoms with Gasteiger partial charge in [0, 0.05) is 12.0 Å². The van der Waals surface area contributed by atoms with Crippen LogP contribution in [0.2, 0.25) is 0 Å². The van der Waals surface area contributed by atoms with Crippen LogP contribution in [0, 0.1) is 0 Å². The molecule has 0 bridgehead atoms. The second kappa shape index (κ2) is 6.68. The maximum atomic E-state index is 5.45. The van der Waals surface area contributed by atoms with Gasteiger partial charge in [-0.05, 0) is 53.5 Å². The van der Waals surface area contributed by atoms with Crippen molar-refractivity contribution in [3.8, 4) is 17.1 Å². The molecule has 0 aliphatic carbocycles. The normalized spacial score (nSPS) is 10.7. The van der Waals surface area contributed by atoms with E-state index in [9.17, 15) is 0 Å². The van der Waals surface area contributed by atoms with E-state index in [1.165, 1.54) is 0 Å². The molecule has 6 heteroatoms. The van der Waals surface area contributed by atoms with E-state index < -0.39 is 0 Å². The summed E-state index contributed by atoms with van der Waals surface area (Å²) in [6, 6.07) is 5.68. The van der Waals surface area contributed by atoms with Crippen LogP contribution in [0.1, 0.15) is 18.7 Å². The molecule has 2 rings (SSSR count). The number of nitrogens with two attached hydrogens (primary N) is 1. The van der Waals surface area contributed by atoms with Crippen LogP contribution >= 0.6 is 15.9 Å². The van der Waals surface area contributed by atoms with E-state index >= 15 is 0 Å². The zero-order valence-electron chi connectivity index (χ0n) is 10.7. The topological polar surface area (TPSA) is 74.2 Å². The minimum absolute atomic E-state index is 0.589. The van der Waals surface area contributed by atoms with Crippen LogP contribution in [-0.4, -0.2) is 23.8 Å². The van der Waals surface area contributed by atoms with Gasteiger partial charge in [0.25, 0.3) is 0 Å². The Morgan fingerprint density at radius 2 is 2.21 bits per heavy atom. The molecule has 0 atom stereocenters. The van der Waals surface area contributed by atoms with Gasteiger partial charge in [0.2, 0.25) is 11.7 Å². The average molecular weight is 326 g/mol. The quantitative estimate of drug-likeness (QED) is 0.826. The predicted molar refractivity (Wildman–Crippen MR) is 76.0 cm³/mol. The van der Waals surface area contributed by atoms with Crippen LogP contribution in [0.15, 0.2) is 27.2 Å². The van der Waals surface area contributed by atoms with E-state index in [0.717, 1.165) is 35.0 Å². The van der Waals surface area contributed by atoms with Gasteiger partial charge in [0.1, 0.15) is 5.75 Å². The zero-order chi connectivity index (χ0) is 13.7. The summed E-state index contributed by atoms with van der Waals surface area (Å²) in [5.74, 6) is 2.01. The molecular weight excluding hydrogens is 310 g/mol. The maximum absolute atomic E-state index is 5.45. The Morgan fingerprint density at radius 1 is 1.37 bits per heavy atom. The van der Waals surface area contributed by atoms with Gasteiger partial charge in [-0.25, -0.2) is 0 Å². The van der Waals surface area contributed by atoms with E-state index in [1.54, 1.807) is 7.11 Å². The molecule has 0 saturated heterocycles. The molecule has 0 saturated carbocycles. The average Bonchev–Trinajstić information content (AvgIpc) is 2.88. The molecule has 1 aromatic carbocycles. The van der Waals surface area contributed by atoms with Crippen LogP contribution in [0.4, 0.5) is 0 Å². The minimum atomic E-state index is 0.589. The van der Waals surface area contributed by atoms with Crippen LogP contribution in [-0.2, 0) is 6.42 Å². The van der Waals surface area contributed by atoms with Crippen molar-refractivity contribution in [2.24, 2.45) is 5.73 Å². The smallest absolute Gasteiger partial charge is 0.226 e. The van der Waals surface area contributed by atoms with Crippen molar-refractivity contribution in [3.05, 3.63) is 28.6 Å². The van der Waals surface area contributed by atoms with Gasteiger partial charge in [-0.1, -0.05) is 5.16 Å². The summed E-state index contributed by atoms with van der Waals surface area (Å²) in [5.41, 5.74) is 6.34. The predicted octanol–water partition coefficient (Wildman–Crippen LogP) is 2.79. The maximum Gasteiger partial charge on any atom is 0.226 e. The molecule has 0 unspecified atom stereocenters. The number of hydrogen-bond acceptors (Lipinski definition) is 5. The third-order valence-electron chi connectivity index (χ3n) is 2.72. The summed E-state index contributed by atoms with van der Waals surface area (Å²) < 4.78 is 11.3. The molecule has 0 spiro atoms. The number of aromatic nitrogens is 2. The molecule has 19 heavy (non-hydrogen) atoms. The summed E-state index contributed by atoms with van der Waals surface area (Å²) in [6.07, 6.45) is 2.69. The first kappa shape index (κ1) is 14.0. The molecule has 0 aliphatic heterocycles. The van der Waals surface area contributed by atoms with Crippen molar-refractivity contribution >= 4 is 15.9 Å². The van der Waals surface area contributed by atoms with Gasteiger partial charge in [0.05, 0.1) is 11.6 Å². The second-order valence-electron chi connectivity index (χ2n) is 4.11. The monoisotopic (exact) mass is 325 g/mol. The number of rotatable bonds is 6. The lowest BCUT2D eigenvalue weighted by molar-refractivity contribution is 0.375. The number of nitrogens with zero attached hydrogens (tertiary/aromatic N) is 2. The van der Waals surface area contributed by atoms with Gasteiger partial charge in [-0.15, -0.1) is 0 Å². The van der Waals surface area contributed by atoms with Gasteiger partial charge in [-0.3, -0.25) is 0 Å². The van der Waals surface area contributed by atoms with E-state index in [4.69, 9.17) is 15.0 Å². The molecule has 1 heterocycles. The van der Waals surface area contributed by atoms with E-state index in [0.29, 0.717) is 18.3 Å². The summed E-state index contributed by atoms with van der Waals surface area (Å²) >= 11 is 3.44. The summed E-state index contributed by atoms with van der Waals surface area (Å²) in [5, 5.41) is 3.98. The molecule has 5 nitrogen and oxygen atoms in total. The summed E-state index contributed by atoms with van der Waals surface area (Å²) in [6.45, 7) is 0.687. The molecule has 0 amide bonds. The number of benzene rings is 1. The first-order valence-corrected chi connectivity index (χ1v) is 6.90. The molecule has 102 valence electrons. The highest BCUT2D eigenvalue weighted by Gasteiger charge is 2.10. The van der Waals surface area contributed by atoms with Gasteiger partial charge in [0.15, 0.2) is 0 Å². The van der Waals surface area contributed by atoms with Crippen LogP contribution in [0.5, 0.6) is 5.75 Å². The number of aryl methyl sites for hydroxylation is 1. The molecule has 0 aliphatic rings. The molecular formula is C13H16BrN3O2. The highest BCUT2D eigenvalue weighted by Crippen LogP contribution is 2.29. The van der Waals surface area contributed by atoms with Gasteiger partial charge >= 0.3 is 0 Å². The number of halogens is 1. The highest BCUT2D eigenvalue weighted by molar-refractivity contribution is 9.10. The molecule has 0 radical (unpaired) electrons. The van der Waals surface area contributed by atoms with Crippen molar-refractivity contribution in [3.63, 3.8) is 0 Å². The van der Waals surface area contributed by atoms with Crippen LogP contribution < -0.4 is 10.5 Å². The van der Waals surface area contributed by atoms with E-state index in [2.05, 4.69) is 26.1 Å². The Bertz CT molecular complexity index is 542. The van der Waals surface area contributed by atoms with Crippen molar-refractivity contribution in [2.75, 3.05) is 13.7 Å². The van der Waals surface area contributed by atoms with E-state index in [1.807, 2.05) is 18.2 Å². The molecule has 1 aromatic heterocycles. The minimum Gasteiger partial charge on any atom is -0.496 e. The fraction of sp³-hybridized carbons (Fsp3) is 0.385. The summed E-state index contributed by atoms with van der Waals surface area (Å²) in [7, 11) is 1.63.